The first-order valence-electron chi connectivity index (χ1n) is 12.3. The molecule has 3 aromatic heterocycles. The van der Waals surface area contributed by atoms with E-state index < -0.39 is 12.0 Å². The molecule has 0 aliphatic heterocycles. The molecule has 0 saturated heterocycles. The minimum Gasteiger partial charge on any atom is -0.491 e. The van der Waals surface area contributed by atoms with Crippen molar-refractivity contribution in [1.29, 1.82) is 0 Å². The van der Waals surface area contributed by atoms with Gasteiger partial charge < -0.3 is 20.1 Å². The van der Waals surface area contributed by atoms with E-state index in [4.69, 9.17) is 26.8 Å². The van der Waals surface area contributed by atoms with E-state index in [-0.39, 0.29) is 0 Å². The molecule has 1 amide bonds. The maximum atomic E-state index is 12.4. The van der Waals surface area contributed by atoms with Gasteiger partial charge in [0, 0.05) is 37.0 Å². The van der Waals surface area contributed by atoms with Crippen molar-refractivity contribution in [3.05, 3.63) is 76.6 Å². The van der Waals surface area contributed by atoms with Crippen LogP contribution in [-0.2, 0) is 7.05 Å². The first kappa shape index (κ1) is 26.7. The number of likely N-dealkylation sites (N-methyl/N-ethyl adjacent to an activating group) is 1. The maximum Gasteiger partial charge on any atom is 0.262 e. The highest BCUT2D eigenvalue weighted by Crippen LogP contribution is 2.39. The number of carbonyl (C=O) groups is 1. The van der Waals surface area contributed by atoms with Crippen molar-refractivity contribution in [2.24, 2.45) is 12.8 Å². The smallest absolute Gasteiger partial charge is 0.262 e. The van der Waals surface area contributed by atoms with Crippen molar-refractivity contribution in [1.82, 2.24) is 24.2 Å². The lowest BCUT2D eigenvalue weighted by Gasteiger charge is -2.18. The topological polar surface area (TPSA) is 100 Å². The Bertz CT molecular complexity index is 1640. The van der Waals surface area contributed by atoms with E-state index in [1.807, 2.05) is 92.4 Å². The molecule has 9 nitrogen and oxygen atoms in total. The summed E-state index contributed by atoms with van der Waals surface area (Å²) in [4.78, 5) is 19.3. The lowest BCUT2D eigenvalue weighted by molar-refractivity contribution is 0.0998. The van der Waals surface area contributed by atoms with Crippen molar-refractivity contribution < 1.29 is 14.3 Å². The molecule has 5 rings (SSSR count). The molecule has 39 heavy (non-hydrogen) atoms. The Morgan fingerprint density at radius 2 is 2.00 bits per heavy atom. The number of fused-ring (bicyclic) bond motifs is 1. The highest BCUT2D eigenvalue weighted by atomic mass is 35.5. The fraction of sp³-hybridized carbons (Fsp3) is 0.250. The predicted octanol–water partition coefficient (Wildman–Crippen LogP) is 5.32. The van der Waals surface area contributed by atoms with Crippen LogP contribution in [-0.4, -0.2) is 57.4 Å². The number of carbonyl (C=O) groups excluding carboxylic acids is 1. The van der Waals surface area contributed by atoms with Crippen LogP contribution in [0, 0.1) is 0 Å². The van der Waals surface area contributed by atoms with Gasteiger partial charge in [0.25, 0.3) is 5.91 Å². The lowest BCUT2D eigenvalue weighted by Crippen LogP contribution is -2.19. The molecule has 202 valence electrons. The first-order chi connectivity index (χ1) is 18.7. The number of thiophene rings is 1. The van der Waals surface area contributed by atoms with Gasteiger partial charge in [0.05, 0.1) is 22.3 Å². The molecule has 0 aliphatic carbocycles. The van der Waals surface area contributed by atoms with E-state index in [1.54, 1.807) is 11.0 Å². The average Bonchev–Trinajstić information content (AvgIpc) is 3.62. The van der Waals surface area contributed by atoms with Crippen LogP contribution in [0.15, 0.2) is 61.2 Å². The minimum atomic E-state index is -0.566. The van der Waals surface area contributed by atoms with Gasteiger partial charge >= 0.3 is 0 Å². The van der Waals surface area contributed by atoms with Crippen LogP contribution in [0.2, 0.25) is 5.02 Å². The van der Waals surface area contributed by atoms with E-state index in [1.165, 1.54) is 11.3 Å². The van der Waals surface area contributed by atoms with E-state index in [2.05, 4.69) is 10.1 Å². The summed E-state index contributed by atoms with van der Waals surface area (Å²) in [6.07, 6.45) is 5.04. The number of halogens is 1. The van der Waals surface area contributed by atoms with Gasteiger partial charge in [0.1, 0.15) is 40.4 Å². The second-order valence-corrected chi connectivity index (χ2v) is 10.8. The number of rotatable bonds is 10. The number of imidazole rings is 1. The number of amides is 1. The molecule has 0 fully saturated rings. The fourth-order valence-electron chi connectivity index (χ4n) is 4.22. The van der Waals surface area contributed by atoms with Gasteiger partial charge in [-0.2, -0.15) is 5.10 Å². The fourth-order valence-corrected chi connectivity index (χ4v) is 5.48. The number of hydrogen-bond acceptors (Lipinski definition) is 7. The second-order valence-electron chi connectivity index (χ2n) is 9.43. The van der Waals surface area contributed by atoms with Crippen molar-refractivity contribution in [2.45, 2.75) is 13.0 Å². The second kappa shape index (κ2) is 11.1. The van der Waals surface area contributed by atoms with Gasteiger partial charge in [-0.05, 0) is 44.8 Å². The van der Waals surface area contributed by atoms with Crippen LogP contribution in [0.25, 0.3) is 27.2 Å². The number of benzene rings is 2. The third-order valence-corrected chi connectivity index (χ3v) is 7.80. The molecule has 2 N–H and O–H groups in total. The summed E-state index contributed by atoms with van der Waals surface area (Å²) in [6, 6.07) is 13.4. The molecular formula is C28H29ClN6O3S. The Balaban J connectivity index is 1.42. The standard InChI is InChI=1S/C28H29ClN6O3S/c1-17(20-6-5-7-23(26(20)29)37-11-10-33(2)3)38-24-13-25(39-27(24)28(30)36)35-16-31-21-12-18(8-9-22(21)35)19-14-32-34(4)15-19/h5-9,12-17H,10-11H2,1-4H3,(H2,30,36)/t17-/m1/s1. The Hall–Kier alpha value is -3.86. The van der Waals surface area contributed by atoms with Crippen molar-refractivity contribution in [3.8, 4) is 27.6 Å². The SMILES string of the molecule is C[C@@H](Oc1cc(-n2cnc3cc(-c4cnn(C)c4)ccc32)sc1C(N)=O)c1cccc(OCCN(C)C)c1Cl. The maximum absolute atomic E-state index is 12.4. The molecule has 5 aromatic rings. The van der Waals surface area contributed by atoms with Crippen LogP contribution in [0.5, 0.6) is 11.5 Å². The molecule has 0 aliphatic rings. The third kappa shape index (κ3) is 5.63. The largest absolute Gasteiger partial charge is 0.491 e. The summed E-state index contributed by atoms with van der Waals surface area (Å²) >= 11 is 7.92. The molecule has 0 spiro atoms. The molecule has 0 radical (unpaired) electrons. The van der Waals surface area contributed by atoms with Gasteiger partial charge in [-0.15, -0.1) is 11.3 Å². The Morgan fingerprint density at radius 1 is 1.18 bits per heavy atom. The van der Waals surface area contributed by atoms with Crippen LogP contribution in [0.1, 0.15) is 28.3 Å². The first-order valence-corrected chi connectivity index (χ1v) is 13.5. The van der Waals surface area contributed by atoms with Gasteiger partial charge in [-0.3, -0.25) is 14.0 Å². The molecule has 0 unspecified atom stereocenters. The summed E-state index contributed by atoms with van der Waals surface area (Å²) in [5.74, 6) is 0.408. The van der Waals surface area contributed by atoms with Crippen molar-refractivity contribution in [2.75, 3.05) is 27.2 Å². The van der Waals surface area contributed by atoms with E-state index >= 15 is 0 Å². The normalized spacial score (nSPS) is 12.3. The summed E-state index contributed by atoms with van der Waals surface area (Å²) in [6.45, 7) is 3.15. The number of aryl methyl sites for hydroxylation is 1. The monoisotopic (exact) mass is 564 g/mol. The number of nitrogens with zero attached hydrogens (tertiary/aromatic N) is 5. The zero-order valence-corrected chi connectivity index (χ0v) is 23.7. The van der Waals surface area contributed by atoms with Gasteiger partial charge in [-0.1, -0.05) is 29.8 Å². The molecule has 0 bridgehead atoms. The molecule has 11 heteroatoms. The van der Waals surface area contributed by atoms with Gasteiger partial charge in [0.2, 0.25) is 0 Å². The Morgan fingerprint density at radius 3 is 2.72 bits per heavy atom. The summed E-state index contributed by atoms with van der Waals surface area (Å²) < 4.78 is 15.8. The molecule has 0 saturated carbocycles. The van der Waals surface area contributed by atoms with Crippen molar-refractivity contribution >= 4 is 39.9 Å². The molecule has 2 aromatic carbocycles. The number of nitrogens with two attached hydrogens (primary N) is 1. The zero-order valence-electron chi connectivity index (χ0n) is 22.1. The van der Waals surface area contributed by atoms with Crippen LogP contribution in [0.4, 0.5) is 0 Å². The highest BCUT2D eigenvalue weighted by molar-refractivity contribution is 7.16. The van der Waals surface area contributed by atoms with Crippen molar-refractivity contribution in [3.63, 3.8) is 0 Å². The summed E-state index contributed by atoms with van der Waals surface area (Å²) in [5, 5.41) is 5.48. The number of ether oxygens (including phenoxy) is 2. The van der Waals surface area contributed by atoms with E-state index in [9.17, 15) is 4.79 Å². The predicted molar refractivity (Wildman–Crippen MR) is 154 cm³/mol. The molecule has 1 atom stereocenters. The lowest BCUT2D eigenvalue weighted by atomic mass is 10.1. The average molecular weight is 565 g/mol. The van der Waals surface area contributed by atoms with E-state index in [0.717, 1.165) is 39.3 Å². The number of hydrogen-bond donors (Lipinski definition) is 1. The quantitative estimate of drug-likeness (QED) is 0.246. The minimum absolute atomic E-state index is 0.320. The van der Waals surface area contributed by atoms with Crippen LogP contribution in [0.3, 0.4) is 0 Å². The van der Waals surface area contributed by atoms with Gasteiger partial charge in [-0.25, -0.2) is 4.98 Å². The van der Waals surface area contributed by atoms with Crippen LogP contribution < -0.4 is 15.2 Å². The Kier molecular flexibility index (Phi) is 7.60. The third-order valence-electron chi connectivity index (χ3n) is 6.26. The molecule has 3 heterocycles. The number of aromatic nitrogens is 4. The van der Waals surface area contributed by atoms with Gasteiger partial charge in [0.15, 0.2) is 0 Å². The Labute approximate surface area is 235 Å². The summed E-state index contributed by atoms with van der Waals surface area (Å²) in [5.41, 5.74) is 10.2. The highest BCUT2D eigenvalue weighted by Gasteiger charge is 2.22. The zero-order chi connectivity index (χ0) is 27.7. The summed E-state index contributed by atoms with van der Waals surface area (Å²) in [7, 11) is 5.85. The number of primary amides is 1. The van der Waals surface area contributed by atoms with Crippen LogP contribution >= 0.6 is 22.9 Å². The molecular weight excluding hydrogens is 536 g/mol. The van der Waals surface area contributed by atoms with E-state index in [0.29, 0.717) is 28.0 Å².